The highest BCUT2D eigenvalue weighted by atomic mass is 35.5. The van der Waals surface area contributed by atoms with Crippen molar-refractivity contribution in [1.29, 1.82) is 0 Å². The Kier molecular flexibility index (Phi) is 4.53. The fraction of sp³-hybridized carbons (Fsp3) is 0.357. The van der Waals surface area contributed by atoms with E-state index in [1.807, 2.05) is 12.1 Å². The summed E-state index contributed by atoms with van der Waals surface area (Å²) in [6, 6.07) is 8.19. The van der Waals surface area contributed by atoms with Crippen molar-refractivity contribution in [3.05, 3.63) is 35.5 Å². The van der Waals surface area contributed by atoms with Crippen LogP contribution in [-0.4, -0.2) is 37.8 Å². The predicted octanol–water partition coefficient (Wildman–Crippen LogP) is 2.54. The summed E-state index contributed by atoms with van der Waals surface area (Å²) in [6.45, 7) is 3.42. The van der Waals surface area contributed by atoms with E-state index in [2.05, 4.69) is 32.7 Å². The van der Waals surface area contributed by atoms with Gasteiger partial charge < -0.3 is 20.3 Å². The van der Waals surface area contributed by atoms with Crippen molar-refractivity contribution >= 4 is 40.5 Å². The number of benzene rings is 1. The summed E-state index contributed by atoms with van der Waals surface area (Å²) in [4.78, 5) is 6.51. The molecule has 0 spiro atoms. The summed E-state index contributed by atoms with van der Waals surface area (Å²) in [5, 5.41) is 6.61. The van der Waals surface area contributed by atoms with Crippen LogP contribution < -0.4 is 15.5 Å². The molecule has 0 amide bonds. The lowest BCUT2D eigenvalue weighted by molar-refractivity contribution is 0.122. The number of aliphatic imine (C=N–C) groups is 1. The van der Waals surface area contributed by atoms with Crippen molar-refractivity contribution in [2.45, 2.75) is 5.50 Å². The summed E-state index contributed by atoms with van der Waals surface area (Å²) < 4.78 is 5.36. The van der Waals surface area contributed by atoms with Gasteiger partial charge in [0.15, 0.2) is 5.50 Å². The minimum atomic E-state index is -0.539. The molecular weight excluding hydrogens is 311 g/mol. The fourth-order valence-electron chi connectivity index (χ4n) is 2.20. The van der Waals surface area contributed by atoms with E-state index in [4.69, 9.17) is 27.9 Å². The molecule has 0 radical (unpaired) electrons. The van der Waals surface area contributed by atoms with E-state index in [-0.39, 0.29) is 0 Å². The average Bonchev–Trinajstić information content (AvgIpc) is 2.53. The van der Waals surface area contributed by atoms with Crippen LogP contribution in [0.3, 0.4) is 0 Å². The number of ether oxygens (including phenoxy) is 1. The second kappa shape index (κ2) is 6.56. The van der Waals surface area contributed by atoms with Crippen molar-refractivity contribution < 1.29 is 4.74 Å². The molecule has 112 valence electrons. The van der Waals surface area contributed by atoms with Crippen LogP contribution in [0.5, 0.6) is 0 Å². The normalized spacial score (nSPS) is 22.2. The highest BCUT2D eigenvalue weighted by Gasteiger charge is 2.14. The lowest BCUT2D eigenvalue weighted by atomic mass is 10.2. The number of rotatable bonds is 2. The van der Waals surface area contributed by atoms with Gasteiger partial charge >= 0.3 is 0 Å². The van der Waals surface area contributed by atoms with Gasteiger partial charge in [-0.2, -0.15) is 0 Å². The molecule has 7 heteroatoms. The number of nitrogens with one attached hydrogen (secondary N) is 2. The zero-order valence-corrected chi connectivity index (χ0v) is 12.9. The quantitative estimate of drug-likeness (QED) is 0.647. The molecule has 2 heterocycles. The topological polar surface area (TPSA) is 48.9 Å². The van der Waals surface area contributed by atoms with Crippen molar-refractivity contribution in [2.75, 3.05) is 36.5 Å². The van der Waals surface area contributed by atoms with Crippen molar-refractivity contribution in [3.63, 3.8) is 0 Å². The second-order valence-corrected chi connectivity index (χ2v) is 5.61. The van der Waals surface area contributed by atoms with Crippen LogP contribution in [0, 0.1) is 0 Å². The number of hydrogen-bond acceptors (Lipinski definition) is 5. The largest absolute Gasteiger partial charge is 0.378 e. The van der Waals surface area contributed by atoms with Gasteiger partial charge in [0, 0.05) is 30.7 Å². The molecular formula is C14H16Cl2N4O. The number of alkyl halides is 1. The Morgan fingerprint density at radius 3 is 2.62 bits per heavy atom. The molecule has 0 saturated carbocycles. The van der Waals surface area contributed by atoms with Gasteiger partial charge in [0.25, 0.3) is 0 Å². The van der Waals surface area contributed by atoms with E-state index in [1.54, 1.807) is 6.20 Å². The minimum absolute atomic E-state index is 0.477. The molecule has 1 fully saturated rings. The maximum Gasteiger partial charge on any atom is 0.201 e. The van der Waals surface area contributed by atoms with Gasteiger partial charge in [-0.25, -0.2) is 4.99 Å². The van der Waals surface area contributed by atoms with Crippen molar-refractivity contribution in [3.8, 4) is 0 Å². The molecule has 1 unspecified atom stereocenters. The number of nitrogens with zero attached hydrogens (tertiary/aromatic N) is 2. The minimum Gasteiger partial charge on any atom is -0.378 e. The number of anilines is 2. The third-order valence-electron chi connectivity index (χ3n) is 3.32. The van der Waals surface area contributed by atoms with Gasteiger partial charge in [-0.3, -0.25) is 0 Å². The van der Waals surface area contributed by atoms with E-state index in [0.29, 0.717) is 11.0 Å². The van der Waals surface area contributed by atoms with E-state index in [0.717, 1.165) is 32.0 Å². The van der Waals surface area contributed by atoms with E-state index >= 15 is 0 Å². The Morgan fingerprint density at radius 1 is 1.24 bits per heavy atom. The van der Waals surface area contributed by atoms with Crippen molar-refractivity contribution in [2.24, 2.45) is 4.99 Å². The first-order chi connectivity index (χ1) is 10.2. The summed E-state index contributed by atoms with van der Waals surface area (Å²) in [7, 11) is 0. The molecule has 1 saturated heterocycles. The smallest absolute Gasteiger partial charge is 0.201 e. The summed E-state index contributed by atoms with van der Waals surface area (Å²) in [6.07, 6.45) is 1.64. The van der Waals surface area contributed by atoms with Crippen molar-refractivity contribution in [1.82, 2.24) is 5.32 Å². The average molecular weight is 327 g/mol. The number of halogens is 2. The van der Waals surface area contributed by atoms with Crippen LogP contribution in [0.2, 0.25) is 0 Å². The van der Waals surface area contributed by atoms with Crippen LogP contribution in [0.15, 0.2) is 40.5 Å². The van der Waals surface area contributed by atoms with Crippen LogP contribution in [0.1, 0.15) is 0 Å². The molecule has 2 aliphatic rings. The highest BCUT2D eigenvalue weighted by Crippen LogP contribution is 2.21. The Balaban J connectivity index is 1.63. The van der Waals surface area contributed by atoms with Gasteiger partial charge in [0.05, 0.1) is 18.2 Å². The lowest BCUT2D eigenvalue weighted by Gasteiger charge is -2.29. The Labute approximate surface area is 133 Å². The van der Waals surface area contributed by atoms with Gasteiger partial charge in [0.2, 0.25) is 5.96 Å². The van der Waals surface area contributed by atoms with Gasteiger partial charge in [-0.1, -0.05) is 23.2 Å². The standard InChI is InChI=1S/C14H16Cl2N4O/c15-12-9-17-14(19-13(12)16)18-10-1-3-11(4-2-10)20-5-7-21-8-6-20/h1-4,9,13H,5-8H2,(H2,17,18,19). The number of morpholine rings is 1. The third-order valence-corrected chi connectivity index (χ3v) is 4.08. The van der Waals surface area contributed by atoms with Gasteiger partial charge in [-0.05, 0) is 24.3 Å². The fourth-order valence-corrected chi connectivity index (χ4v) is 2.46. The second-order valence-electron chi connectivity index (χ2n) is 4.76. The van der Waals surface area contributed by atoms with E-state index in [1.165, 1.54) is 5.69 Å². The summed E-state index contributed by atoms with van der Waals surface area (Å²) >= 11 is 11.8. The number of guanidine groups is 1. The molecule has 2 N–H and O–H groups in total. The molecule has 0 aromatic heterocycles. The van der Waals surface area contributed by atoms with Crippen LogP contribution >= 0.6 is 23.2 Å². The van der Waals surface area contributed by atoms with Crippen LogP contribution in [0.25, 0.3) is 0 Å². The van der Waals surface area contributed by atoms with Gasteiger partial charge in [0.1, 0.15) is 0 Å². The molecule has 2 aliphatic heterocycles. The molecule has 0 aliphatic carbocycles. The first-order valence-electron chi connectivity index (χ1n) is 6.76. The van der Waals surface area contributed by atoms with E-state index in [9.17, 15) is 0 Å². The molecule has 3 rings (SSSR count). The Bertz CT molecular complexity index is 553. The summed E-state index contributed by atoms with van der Waals surface area (Å²) in [5.41, 5.74) is 1.59. The van der Waals surface area contributed by atoms with Crippen LogP contribution in [0.4, 0.5) is 11.4 Å². The molecule has 21 heavy (non-hydrogen) atoms. The van der Waals surface area contributed by atoms with Crippen LogP contribution in [-0.2, 0) is 4.74 Å². The Morgan fingerprint density at radius 2 is 1.95 bits per heavy atom. The molecule has 1 aromatic carbocycles. The predicted molar refractivity (Wildman–Crippen MR) is 87.2 cm³/mol. The maximum absolute atomic E-state index is 5.97. The lowest BCUT2D eigenvalue weighted by Crippen LogP contribution is -2.36. The first kappa shape index (κ1) is 14.5. The highest BCUT2D eigenvalue weighted by molar-refractivity contribution is 6.38. The summed E-state index contributed by atoms with van der Waals surface area (Å²) in [5.74, 6) is 0.582. The monoisotopic (exact) mass is 326 g/mol. The zero-order valence-electron chi connectivity index (χ0n) is 11.4. The molecule has 1 aromatic rings. The Hall–Kier alpha value is -1.43. The maximum atomic E-state index is 5.97. The van der Waals surface area contributed by atoms with Gasteiger partial charge in [-0.15, -0.1) is 0 Å². The van der Waals surface area contributed by atoms with E-state index < -0.39 is 5.50 Å². The number of hydrogen-bond donors (Lipinski definition) is 2. The molecule has 1 atom stereocenters. The first-order valence-corrected chi connectivity index (χ1v) is 7.57. The molecule has 0 bridgehead atoms. The zero-order chi connectivity index (χ0) is 14.7. The SMILES string of the molecule is ClC1=CNC(Nc2ccc(N3CCOCC3)cc2)=NC1Cl. The third kappa shape index (κ3) is 3.61. The molecule has 5 nitrogen and oxygen atoms in total.